The third-order valence-electron chi connectivity index (χ3n) is 2.17. The number of alkyl halides is 3. The summed E-state index contributed by atoms with van der Waals surface area (Å²) in [5, 5.41) is 2.48. The molecule has 0 saturated carbocycles. The molecule has 0 heterocycles. The van der Waals surface area contributed by atoms with Crippen molar-refractivity contribution in [1.82, 2.24) is 0 Å². The van der Waals surface area contributed by atoms with Crippen molar-refractivity contribution in [3.05, 3.63) is 29.8 Å². The summed E-state index contributed by atoms with van der Waals surface area (Å²) in [5.74, 6) is -0.452. The molecule has 0 aliphatic heterocycles. The minimum Gasteiger partial charge on any atom is -0.325 e. The molecular formula is C12H16ClF3N2O. The van der Waals surface area contributed by atoms with Crippen molar-refractivity contribution in [3.8, 4) is 0 Å². The van der Waals surface area contributed by atoms with Crippen LogP contribution in [0, 0.1) is 0 Å². The highest BCUT2D eigenvalue weighted by Gasteiger charge is 2.28. The first-order valence-corrected chi connectivity index (χ1v) is 5.34. The molecule has 0 aliphatic carbocycles. The van der Waals surface area contributed by atoms with Crippen LogP contribution in [0.1, 0.15) is 19.4 Å². The molecule has 7 heteroatoms. The van der Waals surface area contributed by atoms with E-state index >= 15 is 0 Å². The normalized spacial score (nSPS) is 11.7. The van der Waals surface area contributed by atoms with E-state index in [1.807, 2.05) is 0 Å². The summed E-state index contributed by atoms with van der Waals surface area (Å²) >= 11 is 0. The number of carbonyl (C=O) groups is 1. The number of anilines is 1. The summed E-state index contributed by atoms with van der Waals surface area (Å²) < 4.78 is 36.7. The van der Waals surface area contributed by atoms with Gasteiger partial charge in [0, 0.05) is 5.69 Å². The van der Waals surface area contributed by atoms with Gasteiger partial charge in [0.25, 0.3) is 0 Å². The lowest BCUT2D eigenvalue weighted by molar-refractivity contribution is -0.127. The Balaban J connectivity index is 0.00000324. The summed E-state index contributed by atoms with van der Waals surface area (Å²) in [5.41, 5.74) is 4.89. The van der Waals surface area contributed by atoms with Crippen LogP contribution in [0.4, 0.5) is 18.9 Å². The highest BCUT2D eigenvalue weighted by molar-refractivity contribution is 5.97. The second-order valence-corrected chi connectivity index (χ2v) is 4.67. The Morgan fingerprint density at radius 2 is 1.89 bits per heavy atom. The van der Waals surface area contributed by atoms with Gasteiger partial charge in [-0.05, 0) is 31.5 Å². The van der Waals surface area contributed by atoms with Crippen molar-refractivity contribution in [2.75, 3.05) is 5.32 Å². The molecule has 0 spiro atoms. The highest BCUT2D eigenvalue weighted by atomic mass is 35.5. The fraction of sp³-hybridized carbons (Fsp3) is 0.417. The van der Waals surface area contributed by atoms with Crippen LogP contribution in [0.2, 0.25) is 0 Å². The number of hydrogen-bond acceptors (Lipinski definition) is 2. The van der Waals surface area contributed by atoms with Gasteiger partial charge in [0.2, 0.25) is 5.91 Å². The minimum atomic E-state index is -4.27. The number of halogens is 4. The molecule has 0 aromatic heterocycles. The molecule has 3 nitrogen and oxygen atoms in total. The van der Waals surface area contributed by atoms with Gasteiger partial charge < -0.3 is 11.1 Å². The zero-order chi connectivity index (χ0) is 14.0. The highest BCUT2D eigenvalue weighted by Crippen LogP contribution is 2.23. The summed E-state index contributed by atoms with van der Waals surface area (Å²) in [6, 6.07) is 5.62. The van der Waals surface area contributed by atoms with Gasteiger partial charge in [-0.15, -0.1) is 12.4 Å². The maximum atomic E-state index is 12.2. The number of hydrogen-bond donors (Lipinski definition) is 2. The predicted molar refractivity (Wildman–Crippen MR) is 70.3 cm³/mol. The van der Waals surface area contributed by atoms with Crippen molar-refractivity contribution in [2.24, 2.45) is 5.73 Å². The molecule has 1 rings (SSSR count). The van der Waals surface area contributed by atoms with Crippen LogP contribution in [0.5, 0.6) is 0 Å². The molecule has 3 N–H and O–H groups in total. The van der Waals surface area contributed by atoms with E-state index in [0.29, 0.717) is 5.69 Å². The summed E-state index contributed by atoms with van der Waals surface area (Å²) in [7, 11) is 0. The van der Waals surface area contributed by atoms with Gasteiger partial charge in [0.15, 0.2) is 0 Å². The van der Waals surface area contributed by atoms with Crippen LogP contribution in [0.25, 0.3) is 0 Å². The summed E-state index contributed by atoms with van der Waals surface area (Å²) in [6.07, 6.45) is -5.29. The zero-order valence-corrected chi connectivity index (χ0v) is 11.4. The maximum Gasteiger partial charge on any atom is 0.393 e. The van der Waals surface area contributed by atoms with Gasteiger partial charge >= 0.3 is 6.18 Å². The van der Waals surface area contributed by atoms with Crippen LogP contribution in [0.3, 0.4) is 0 Å². The molecule has 19 heavy (non-hydrogen) atoms. The van der Waals surface area contributed by atoms with Crippen LogP contribution >= 0.6 is 12.4 Å². The van der Waals surface area contributed by atoms with Gasteiger partial charge in [-0.2, -0.15) is 13.2 Å². The lowest BCUT2D eigenvalue weighted by atomic mass is 10.1. The van der Waals surface area contributed by atoms with Gasteiger partial charge in [0.1, 0.15) is 0 Å². The van der Waals surface area contributed by atoms with Crippen LogP contribution in [-0.2, 0) is 11.2 Å². The lowest BCUT2D eigenvalue weighted by Crippen LogP contribution is -2.45. The Morgan fingerprint density at radius 3 is 2.37 bits per heavy atom. The molecule has 1 amide bonds. The molecule has 0 unspecified atom stereocenters. The first kappa shape index (κ1) is 17.7. The van der Waals surface area contributed by atoms with E-state index in [1.54, 1.807) is 0 Å². The van der Waals surface area contributed by atoms with Gasteiger partial charge in [-0.3, -0.25) is 4.79 Å². The van der Waals surface area contributed by atoms with Gasteiger partial charge in [-0.25, -0.2) is 0 Å². The number of carbonyl (C=O) groups excluding carboxylic acids is 1. The summed E-state index contributed by atoms with van der Waals surface area (Å²) in [4.78, 5) is 11.6. The van der Waals surface area contributed by atoms with E-state index in [4.69, 9.17) is 5.73 Å². The van der Waals surface area contributed by atoms with Crippen molar-refractivity contribution >= 4 is 24.0 Å². The number of nitrogens with two attached hydrogens (primary N) is 1. The minimum absolute atomic E-state index is 0. The molecule has 0 bridgehead atoms. The van der Waals surface area contributed by atoms with Crippen LogP contribution in [-0.4, -0.2) is 17.6 Å². The molecule has 1 aromatic carbocycles. The van der Waals surface area contributed by atoms with E-state index < -0.39 is 24.0 Å². The second-order valence-electron chi connectivity index (χ2n) is 4.67. The SMILES string of the molecule is CC(C)(N)C(=O)Nc1cccc(CC(F)(F)F)c1.Cl. The smallest absolute Gasteiger partial charge is 0.325 e. The standard InChI is InChI=1S/C12H15F3N2O.ClH/c1-11(2,16)10(18)17-9-5-3-4-8(6-9)7-12(13,14)15;/h3-6H,7,16H2,1-2H3,(H,17,18);1H. The van der Waals surface area contributed by atoms with Crippen molar-refractivity contribution in [2.45, 2.75) is 32.0 Å². The molecular weight excluding hydrogens is 281 g/mol. The molecule has 0 saturated heterocycles. The zero-order valence-electron chi connectivity index (χ0n) is 10.5. The molecule has 108 valence electrons. The van der Waals surface area contributed by atoms with Gasteiger partial charge in [-0.1, -0.05) is 12.1 Å². The first-order valence-electron chi connectivity index (χ1n) is 5.34. The quantitative estimate of drug-likeness (QED) is 0.901. The van der Waals surface area contributed by atoms with E-state index in [-0.39, 0.29) is 18.0 Å². The molecule has 1 aromatic rings. The molecule has 0 radical (unpaired) electrons. The Hall–Kier alpha value is -1.27. The molecule has 0 atom stereocenters. The molecule has 0 fully saturated rings. The third kappa shape index (κ3) is 6.45. The van der Waals surface area contributed by atoms with Crippen molar-refractivity contribution in [3.63, 3.8) is 0 Å². The average molecular weight is 297 g/mol. The maximum absolute atomic E-state index is 12.2. The number of nitrogens with one attached hydrogen (secondary N) is 1. The average Bonchev–Trinajstić information content (AvgIpc) is 2.13. The third-order valence-corrected chi connectivity index (χ3v) is 2.17. The topological polar surface area (TPSA) is 55.1 Å². The Morgan fingerprint density at radius 1 is 1.32 bits per heavy atom. The van der Waals surface area contributed by atoms with E-state index in [2.05, 4.69) is 5.32 Å². The van der Waals surface area contributed by atoms with Crippen LogP contribution < -0.4 is 11.1 Å². The fourth-order valence-corrected chi connectivity index (χ4v) is 1.28. The Kier molecular flexibility index (Phi) is 5.83. The van der Waals surface area contributed by atoms with Crippen LogP contribution in [0.15, 0.2) is 24.3 Å². The number of amides is 1. The number of benzene rings is 1. The second kappa shape index (κ2) is 6.25. The number of rotatable bonds is 3. The van der Waals surface area contributed by atoms with E-state index in [1.165, 1.54) is 38.1 Å². The Labute approximate surface area is 115 Å². The Bertz CT molecular complexity index is 441. The monoisotopic (exact) mass is 296 g/mol. The van der Waals surface area contributed by atoms with Gasteiger partial charge in [0.05, 0.1) is 12.0 Å². The van der Waals surface area contributed by atoms with E-state index in [0.717, 1.165) is 0 Å². The van der Waals surface area contributed by atoms with Crippen molar-refractivity contribution in [1.29, 1.82) is 0 Å². The summed E-state index contributed by atoms with van der Waals surface area (Å²) in [6.45, 7) is 3.03. The largest absolute Gasteiger partial charge is 0.393 e. The molecule has 0 aliphatic rings. The lowest BCUT2D eigenvalue weighted by Gasteiger charge is -2.18. The van der Waals surface area contributed by atoms with E-state index in [9.17, 15) is 18.0 Å². The van der Waals surface area contributed by atoms with Crippen molar-refractivity contribution < 1.29 is 18.0 Å². The predicted octanol–water partition coefficient (Wildman–Crippen LogP) is 2.89. The fourth-order valence-electron chi connectivity index (χ4n) is 1.28. The first-order chi connectivity index (χ1) is 8.08.